The highest BCUT2D eigenvalue weighted by Crippen LogP contribution is 2.31. The minimum atomic E-state index is -1.01. The maximum absolute atomic E-state index is 11.2. The molecule has 1 N–H and O–H groups in total. The molecule has 0 saturated heterocycles. The molecule has 0 radical (unpaired) electrons. The van der Waals surface area contributed by atoms with E-state index in [0.29, 0.717) is 17.2 Å². The van der Waals surface area contributed by atoms with Gasteiger partial charge in [0.05, 0.1) is 5.56 Å². The molecule has 0 atom stereocenters. The van der Waals surface area contributed by atoms with Crippen LogP contribution in [-0.4, -0.2) is 22.7 Å². The number of hydrogen-bond acceptors (Lipinski definition) is 4. The number of nitrogens with zero attached hydrogens (tertiary/aromatic N) is 1. The van der Waals surface area contributed by atoms with Crippen LogP contribution in [0.25, 0.3) is 11.1 Å². The van der Waals surface area contributed by atoms with E-state index in [1.807, 2.05) is 54.7 Å². The molecule has 0 saturated carbocycles. The molecule has 4 aromatic rings. The topological polar surface area (TPSA) is 68.7 Å². The highest BCUT2D eigenvalue weighted by Gasteiger charge is 2.08. The van der Waals surface area contributed by atoms with Gasteiger partial charge in [-0.1, -0.05) is 48.2 Å². The van der Waals surface area contributed by atoms with Crippen LogP contribution in [0.15, 0.2) is 97.3 Å². The summed E-state index contributed by atoms with van der Waals surface area (Å²) in [6, 6.07) is 25.4. The fourth-order valence-corrected chi connectivity index (χ4v) is 3.00. The first-order valence-electron chi connectivity index (χ1n) is 9.91. The molecule has 3 aromatic carbocycles. The Morgan fingerprint density at radius 3 is 2.44 bits per heavy atom. The third kappa shape index (κ3) is 5.32. The molecule has 1 heterocycles. The molecule has 1 aromatic heterocycles. The average Bonchev–Trinajstić information content (AvgIpc) is 2.84. The SMILES string of the molecule is O=C(O)c1cccc(Oc2ccccc2OCC#Cc2ccc(-c3cccnc3)cc2)c1. The van der Waals surface area contributed by atoms with Crippen molar-refractivity contribution in [3.05, 3.63) is 108 Å². The number of ether oxygens (including phenoxy) is 2. The van der Waals surface area contributed by atoms with Crippen LogP contribution in [0.2, 0.25) is 0 Å². The zero-order chi connectivity index (χ0) is 22.2. The number of carbonyl (C=O) groups is 1. The largest absolute Gasteiger partial charge is 0.478 e. The van der Waals surface area contributed by atoms with Crippen molar-refractivity contribution in [1.82, 2.24) is 4.98 Å². The normalized spacial score (nSPS) is 10.0. The fraction of sp³-hybridized carbons (Fsp3) is 0.0370. The van der Waals surface area contributed by atoms with Crippen molar-refractivity contribution >= 4 is 5.97 Å². The van der Waals surface area contributed by atoms with Gasteiger partial charge >= 0.3 is 5.97 Å². The van der Waals surface area contributed by atoms with Gasteiger partial charge in [0, 0.05) is 18.0 Å². The maximum Gasteiger partial charge on any atom is 0.335 e. The van der Waals surface area contributed by atoms with Gasteiger partial charge < -0.3 is 14.6 Å². The summed E-state index contributed by atoms with van der Waals surface area (Å²) in [5.74, 6) is 6.51. The zero-order valence-corrected chi connectivity index (χ0v) is 17.1. The van der Waals surface area contributed by atoms with Gasteiger partial charge in [-0.05, 0) is 59.7 Å². The number of rotatable bonds is 6. The number of benzene rings is 3. The summed E-state index contributed by atoms with van der Waals surface area (Å²) in [4.78, 5) is 15.3. The quantitative estimate of drug-likeness (QED) is 0.406. The predicted octanol–water partition coefficient (Wildman–Crippen LogP) is 5.67. The van der Waals surface area contributed by atoms with E-state index in [0.717, 1.165) is 16.7 Å². The smallest absolute Gasteiger partial charge is 0.335 e. The summed E-state index contributed by atoms with van der Waals surface area (Å²) in [6.07, 6.45) is 3.58. The fourth-order valence-electron chi connectivity index (χ4n) is 3.00. The van der Waals surface area contributed by atoms with E-state index < -0.39 is 5.97 Å². The number of para-hydroxylation sites is 2. The molecule has 0 spiro atoms. The van der Waals surface area contributed by atoms with Gasteiger partial charge in [0.2, 0.25) is 0 Å². The summed E-state index contributed by atoms with van der Waals surface area (Å²) >= 11 is 0. The van der Waals surface area contributed by atoms with Crippen molar-refractivity contribution in [2.24, 2.45) is 0 Å². The first-order chi connectivity index (χ1) is 15.7. The van der Waals surface area contributed by atoms with Crippen LogP contribution in [-0.2, 0) is 0 Å². The van der Waals surface area contributed by atoms with Gasteiger partial charge in [0.1, 0.15) is 12.4 Å². The van der Waals surface area contributed by atoms with E-state index in [9.17, 15) is 4.79 Å². The summed E-state index contributed by atoms with van der Waals surface area (Å²) in [6.45, 7) is 0.180. The standard InChI is InChI=1S/C27H19NO4/c29-27(30)22-7-3-9-24(18-22)32-26-11-2-1-10-25(26)31-17-5-6-20-12-14-21(15-13-20)23-8-4-16-28-19-23/h1-4,7-16,18-19H,17H2,(H,29,30). The minimum absolute atomic E-state index is 0.154. The molecule has 5 heteroatoms. The molecule has 156 valence electrons. The third-order valence-electron chi connectivity index (χ3n) is 4.57. The highest BCUT2D eigenvalue weighted by atomic mass is 16.5. The van der Waals surface area contributed by atoms with Crippen molar-refractivity contribution in [2.45, 2.75) is 0 Å². The lowest BCUT2D eigenvalue weighted by Gasteiger charge is -2.11. The van der Waals surface area contributed by atoms with E-state index in [-0.39, 0.29) is 12.2 Å². The van der Waals surface area contributed by atoms with Crippen LogP contribution in [0.4, 0.5) is 0 Å². The molecule has 0 amide bonds. The molecule has 0 aliphatic rings. The summed E-state index contributed by atoms with van der Waals surface area (Å²) < 4.78 is 11.6. The Morgan fingerprint density at radius 2 is 1.69 bits per heavy atom. The first-order valence-corrected chi connectivity index (χ1v) is 9.91. The van der Waals surface area contributed by atoms with E-state index in [1.54, 1.807) is 30.5 Å². The van der Waals surface area contributed by atoms with Gasteiger partial charge in [0.15, 0.2) is 11.5 Å². The molecule has 0 aliphatic heterocycles. The molecular formula is C27H19NO4. The van der Waals surface area contributed by atoms with E-state index in [4.69, 9.17) is 14.6 Å². The van der Waals surface area contributed by atoms with Crippen LogP contribution < -0.4 is 9.47 Å². The van der Waals surface area contributed by atoms with E-state index in [1.165, 1.54) is 12.1 Å². The Kier molecular flexibility index (Phi) is 6.45. The number of hydrogen-bond donors (Lipinski definition) is 1. The number of carboxylic acid groups (broad SMARTS) is 1. The predicted molar refractivity (Wildman–Crippen MR) is 122 cm³/mol. The van der Waals surface area contributed by atoms with Crippen molar-refractivity contribution < 1.29 is 19.4 Å². The van der Waals surface area contributed by atoms with Crippen LogP contribution in [0.3, 0.4) is 0 Å². The Morgan fingerprint density at radius 1 is 0.875 bits per heavy atom. The second kappa shape index (κ2) is 9.96. The average molecular weight is 421 g/mol. The van der Waals surface area contributed by atoms with Crippen molar-refractivity contribution in [3.63, 3.8) is 0 Å². The zero-order valence-electron chi connectivity index (χ0n) is 17.1. The van der Waals surface area contributed by atoms with E-state index in [2.05, 4.69) is 16.8 Å². The summed E-state index contributed by atoms with van der Waals surface area (Å²) in [5, 5.41) is 9.14. The third-order valence-corrected chi connectivity index (χ3v) is 4.57. The van der Waals surface area contributed by atoms with Crippen molar-refractivity contribution in [1.29, 1.82) is 0 Å². The molecule has 0 unspecified atom stereocenters. The lowest BCUT2D eigenvalue weighted by molar-refractivity contribution is 0.0696. The van der Waals surface area contributed by atoms with E-state index >= 15 is 0 Å². The number of aromatic nitrogens is 1. The lowest BCUT2D eigenvalue weighted by Crippen LogP contribution is -1.98. The second-order valence-corrected chi connectivity index (χ2v) is 6.79. The number of pyridine rings is 1. The Labute approximate surface area is 185 Å². The van der Waals surface area contributed by atoms with Crippen molar-refractivity contribution in [2.75, 3.05) is 6.61 Å². The van der Waals surface area contributed by atoms with Crippen LogP contribution in [0.1, 0.15) is 15.9 Å². The lowest BCUT2D eigenvalue weighted by atomic mass is 10.1. The Hall–Kier alpha value is -4.56. The van der Waals surface area contributed by atoms with Gasteiger partial charge in [-0.3, -0.25) is 4.98 Å². The minimum Gasteiger partial charge on any atom is -0.478 e. The number of aromatic carboxylic acids is 1. The first kappa shape index (κ1) is 20.7. The highest BCUT2D eigenvalue weighted by molar-refractivity contribution is 5.88. The van der Waals surface area contributed by atoms with Crippen molar-refractivity contribution in [3.8, 4) is 40.2 Å². The van der Waals surface area contributed by atoms with Crippen LogP contribution in [0, 0.1) is 11.8 Å². The molecule has 32 heavy (non-hydrogen) atoms. The monoisotopic (exact) mass is 421 g/mol. The molecule has 0 bridgehead atoms. The van der Waals surface area contributed by atoms with Gasteiger partial charge in [0.25, 0.3) is 0 Å². The van der Waals surface area contributed by atoms with Crippen LogP contribution in [0.5, 0.6) is 17.2 Å². The number of carboxylic acids is 1. The Balaban J connectivity index is 1.40. The molecule has 0 fully saturated rings. The summed E-state index contributed by atoms with van der Waals surface area (Å²) in [5.41, 5.74) is 3.18. The van der Waals surface area contributed by atoms with Gasteiger partial charge in [-0.15, -0.1) is 0 Å². The molecule has 0 aliphatic carbocycles. The van der Waals surface area contributed by atoms with Gasteiger partial charge in [-0.2, -0.15) is 0 Å². The molecule has 4 rings (SSSR count). The molecular weight excluding hydrogens is 402 g/mol. The Bertz CT molecular complexity index is 1270. The van der Waals surface area contributed by atoms with Crippen LogP contribution >= 0.6 is 0 Å². The second-order valence-electron chi connectivity index (χ2n) is 6.79. The molecule has 5 nitrogen and oxygen atoms in total. The summed E-state index contributed by atoms with van der Waals surface area (Å²) in [7, 11) is 0. The van der Waals surface area contributed by atoms with Gasteiger partial charge in [-0.25, -0.2) is 4.79 Å². The maximum atomic E-state index is 11.2.